The van der Waals surface area contributed by atoms with Gasteiger partial charge in [0.15, 0.2) is 5.78 Å². The van der Waals surface area contributed by atoms with E-state index in [1.807, 2.05) is 0 Å². The highest BCUT2D eigenvalue weighted by Gasteiger charge is 2.15. The molecule has 2 aromatic rings. The number of benzene rings is 2. The Labute approximate surface area is 125 Å². The number of Topliss-reactive ketones (excluding diaryl/α,β-unsaturated/α-hetero) is 1. The standard InChI is InChI=1S/C14H8Br2F2O/c15-9-2-4-12(17)8(5-9)6-14(19)11-3-1-10(16)7-13(11)18/h1-5,7H,6H2. The summed E-state index contributed by atoms with van der Waals surface area (Å²) >= 11 is 6.32. The minimum absolute atomic E-state index is 0.0393. The van der Waals surface area contributed by atoms with Crippen molar-refractivity contribution in [3.8, 4) is 0 Å². The molecule has 2 rings (SSSR count). The van der Waals surface area contributed by atoms with E-state index >= 15 is 0 Å². The topological polar surface area (TPSA) is 17.1 Å². The summed E-state index contributed by atoms with van der Waals surface area (Å²) in [4.78, 5) is 12.0. The molecule has 0 atom stereocenters. The Bertz CT molecular complexity index is 641. The van der Waals surface area contributed by atoms with Crippen LogP contribution in [-0.4, -0.2) is 5.78 Å². The van der Waals surface area contributed by atoms with Gasteiger partial charge in [0.1, 0.15) is 11.6 Å². The predicted molar refractivity (Wildman–Crippen MR) is 76.2 cm³/mol. The summed E-state index contributed by atoms with van der Waals surface area (Å²) in [5.74, 6) is -1.55. The van der Waals surface area contributed by atoms with Crippen LogP contribution in [0, 0.1) is 11.6 Å². The van der Waals surface area contributed by atoms with Crippen molar-refractivity contribution >= 4 is 37.6 Å². The number of hydrogen-bond acceptors (Lipinski definition) is 1. The summed E-state index contributed by atoms with van der Waals surface area (Å²) in [6.07, 6.45) is -0.177. The molecule has 0 aliphatic rings. The van der Waals surface area contributed by atoms with E-state index in [4.69, 9.17) is 0 Å². The Morgan fingerprint density at radius 2 is 1.58 bits per heavy atom. The van der Waals surface area contributed by atoms with Gasteiger partial charge in [-0.3, -0.25) is 4.79 Å². The van der Waals surface area contributed by atoms with Crippen molar-refractivity contribution in [1.82, 2.24) is 0 Å². The molecule has 0 amide bonds. The zero-order valence-electron chi connectivity index (χ0n) is 9.59. The molecular formula is C14H8Br2F2O. The van der Waals surface area contributed by atoms with Crippen LogP contribution in [0.5, 0.6) is 0 Å². The highest BCUT2D eigenvalue weighted by molar-refractivity contribution is 9.10. The zero-order valence-corrected chi connectivity index (χ0v) is 12.8. The molecule has 0 spiro atoms. The van der Waals surface area contributed by atoms with E-state index in [1.165, 1.54) is 24.3 Å². The molecule has 0 aromatic heterocycles. The summed E-state index contributed by atoms with van der Waals surface area (Å²) in [5.41, 5.74) is 0.198. The lowest BCUT2D eigenvalue weighted by Crippen LogP contribution is -2.07. The lowest BCUT2D eigenvalue weighted by atomic mass is 10.0. The lowest BCUT2D eigenvalue weighted by molar-refractivity contribution is 0.0988. The average Bonchev–Trinajstić information content (AvgIpc) is 2.33. The monoisotopic (exact) mass is 388 g/mol. The molecule has 0 radical (unpaired) electrons. The van der Waals surface area contributed by atoms with Crippen LogP contribution in [0.15, 0.2) is 45.3 Å². The van der Waals surface area contributed by atoms with Crippen LogP contribution in [-0.2, 0) is 6.42 Å². The fraction of sp³-hybridized carbons (Fsp3) is 0.0714. The summed E-state index contributed by atoms with van der Waals surface area (Å²) < 4.78 is 28.4. The highest BCUT2D eigenvalue weighted by Crippen LogP contribution is 2.20. The average molecular weight is 390 g/mol. The molecule has 19 heavy (non-hydrogen) atoms. The van der Waals surface area contributed by atoms with Crippen LogP contribution in [0.2, 0.25) is 0 Å². The van der Waals surface area contributed by atoms with Crippen molar-refractivity contribution in [1.29, 1.82) is 0 Å². The lowest BCUT2D eigenvalue weighted by Gasteiger charge is -2.05. The fourth-order valence-electron chi connectivity index (χ4n) is 1.66. The molecule has 2 aromatic carbocycles. The van der Waals surface area contributed by atoms with Gasteiger partial charge >= 0.3 is 0 Å². The van der Waals surface area contributed by atoms with Gasteiger partial charge in [-0.2, -0.15) is 0 Å². The molecule has 0 N–H and O–H groups in total. The number of halogens is 4. The molecule has 98 valence electrons. The van der Waals surface area contributed by atoms with Gasteiger partial charge in [0.25, 0.3) is 0 Å². The summed E-state index contributed by atoms with van der Waals surface area (Å²) in [6, 6.07) is 8.51. The second-order valence-corrected chi connectivity index (χ2v) is 5.79. The zero-order chi connectivity index (χ0) is 14.0. The molecule has 0 saturated heterocycles. The first-order valence-electron chi connectivity index (χ1n) is 5.39. The summed E-state index contributed by atoms with van der Waals surface area (Å²) in [6.45, 7) is 0. The van der Waals surface area contributed by atoms with E-state index < -0.39 is 17.4 Å². The quantitative estimate of drug-likeness (QED) is 0.681. The number of carbonyl (C=O) groups excluding carboxylic acids is 1. The first kappa shape index (κ1) is 14.3. The second-order valence-electron chi connectivity index (χ2n) is 3.96. The molecule has 0 fully saturated rings. The molecule has 1 nitrogen and oxygen atoms in total. The minimum atomic E-state index is -0.616. The maximum absolute atomic E-state index is 13.6. The SMILES string of the molecule is O=C(Cc1cc(Br)ccc1F)c1ccc(Br)cc1F. The molecule has 0 aliphatic carbocycles. The predicted octanol–water partition coefficient (Wildman–Crippen LogP) is 4.92. The maximum atomic E-state index is 13.6. The van der Waals surface area contributed by atoms with Crippen molar-refractivity contribution in [3.05, 3.63) is 68.1 Å². The van der Waals surface area contributed by atoms with Crippen LogP contribution in [0.25, 0.3) is 0 Å². The number of rotatable bonds is 3. The molecule has 5 heteroatoms. The van der Waals surface area contributed by atoms with Gasteiger partial charge in [0, 0.05) is 15.4 Å². The van der Waals surface area contributed by atoms with Crippen molar-refractivity contribution < 1.29 is 13.6 Å². The van der Waals surface area contributed by atoms with E-state index in [1.54, 1.807) is 12.1 Å². The van der Waals surface area contributed by atoms with Crippen LogP contribution < -0.4 is 0 Å². The molecular weight excluding hydrogens is 382 g/mol. The number of carbonyl (C=O) groups is 1. The van der Waals surface area contributed by atoms with Gasteiger partial charge < -0.3 is 0 Å². The van der Waals surface area contributed by atoms with Gasteiger partial charge in [0.05, 0.1) is 5.56 Å². The Balaban J connectivity index is 2.28. The number of ketones is 1. The third-order valence-corrected chi connectivity index (χ3v) is 3.58. The van der Waals surface area contributed by atoms with Crippen molar-refractivity contribution in [2.45, 2.75) is 6.42 Å². The van der Waals surface area contributed by atoms with Crippen LogP contribution >= 0.6 is 31.9 Å². The largest absolute Gasteiger partial charge is 0.294 e. The summed E-state index contributed by atoms with van der Waals surface area (Å²) in [7, 11) is 0. The van der Waals surface area contributed by atoms with E-state index in [2.05, 4.69) is 31.9 Å². The molecule has 0 unspecified atom stereocenters. The Kier molecular flexibility index (Phi) is 4.47. The van der Waals surface area contributed by atoms with Crippen molar-refractivity contribution in [2.24, 2.45) is 0 Å². The van der Waals surface area contributed by atoms with E-state index in [0.717, 1.165) is 0 Å². The van der Waals surface area contributed by atoms with Gasteiger partial charge in [0.2, 0.25) is 0 Å². The maximum Gasteiger partial charge on any atom is 0.170 e. The van der Waals surface area contributed by atoms with E-state index in [-0.39, 0.29) is 17.5 Å². The minimum Gasteiger partial charge on any atom is -0.294 e. The highest BCUT2D eigenvalue weighted by atomic mass is 79.9. The van der Waals surface area contributed by atoms with Gasteiger partial charge in [-0.15, -0.1) is 0 Å². The van der Waals surface area contributed by atoms with Crippen LogP contribution in [0.4, 0.5) is 8.78 Å². The van der Waals surface area contributed by atoms with Crippen LogP contribution in [0.1, 0.15) is 15.9 Å². The van der Waals surface area contributed by atoms with Gasteiger partial charge in [-0.05, 0) is 42.0 Å². The van der Waals surface area contributed by atoms with Crippen LogP contribution in [0.3, 0.4) is 0 Å². The summed E-state index contributed by atoms with van der Waals surface area (Å²) in [5, 5.41) is 0. The first-order chi connectivity index (χ1) is 8.97. The Hall–Kier alpha value is -1.07. The molecule has 0 aliphatic heterocycles. The molecule has 0 heterocycles. The van der Waals surface area contributed by atoms with Gasteiger partial charge in [-0.1, -0.05) is 31.9 Å². The smallest absolute Gasteiger partial charge is 0.170 e. The normalized spacial score (nSPS) is 10.5. The fourth-order valence-corrected chi connectivity index (χ4v) is 2.40. The third-order valence-electron chi connectivity index (χ3n) is 2.59. The van der Waals surface area contributed by atoms with E-state index in [9.17, 15) is 13.6 Å². The second kappa shape index (κ2) is 5.92. The van der Waals surface area contributed by atoms with Crippen molar-refractivity contribution in [2.75, 3.05) is 0 Å². The number of hydrogen-bond donors (Lipinski definition) is 0. The third kappa shape index (κ3) is 3.48. The van der Waals surface area contributed by atoms with Gasteiger partial charge in [-0.25, -0.2) is 8.78 Å². The van der Waals surface area contributed by atoms with Crippen molar-refractivity contribution in [3.63, 3.8) is 0 Å². The molecule has 0 bridgehead atoms. The molecule has 0 saturated carbocycles. The Morgan fingerprint density at radius 3 is 2.26 bits per heavy atom. The van der Waals surface area contributed by atoms with E-state index in [0.29, 0.717) is 8.95 Å². The Morgan fingerprint density at radius 1 is 0.947 bits per heavy atom. The first-order valence-corrected chi connectivity index (χ1v) is 6.98.